The molecule has 1 amide bonds. The monoisotopic (exact) mass is 503 g/mol. The van der Waals surface area contributed by atoms with Crippen molar-refractivity contribution < 1.29 is 27.6 Å². The van der Waals surface area contributed by atoms with Gasteiger partial charge in [-0.15, -0.1) is 13.2 Å². The molecule has 3 aromatic rings. The van der Waals surface area contributed by atoms with Crippen molar-refractivity contribution in [2.45, 2.75) is 19.2 Å². The number of amides is 1. The summed E-state index contributed by atoms with van der Waals surface area (Å²) in [6, 6.07) is 4.53. The average Bonchev–Trinajstić information content (AvgIpc) is 3.17. The van der Waals surface area contributed by atoms with Gasteiger partial charge >= 0.3 is 6.36 Å². The van der Waals surface area contributed by atoms with Gasteiger partial charge in [-0.3, -0.25) is 9.48 Å². The molecule has 1 aromatic carbocycles. The fourth-order valence-corrected chi connectivity index (χ4v) is 4.71. The van der Waals surface area contributed by atoms with Crippen LogP contribution in [0.3, 0.4) is 0 Å². The molecule has 0 unspecified atom stereocenters. The number of carbonyl (C=O) groups is 1. The van der Waals surface area contributed by atoms with E-state index in [2.05, 4.69) is 37.1 Å². The van der Waals surface area contributed by atoms with Crippen molar-refractivity contribution in [2.24, 2.45) is 12.8 Å². The minimum atomic E-state index is -4.86. The zero-order valence-electron chi connectivity index (χ0n) is 19.8. The van der Waals surface area contributed by atoms with Gasteiger partial charge in [0.2, 0.25) is 5.95 Å². The normalized spacial score (nSPS) is 15.9. The van der Waals surface area contributed by atoms with Gasteiger partial charge in [-0.05, 0) is 36.6 Å². The van der Waals surface area contributed by atoms with Crippen LogP contribution in [0.4, 0.5) is 30.5 Å². The third-order valence-corrected chi connectivity index (χ3v) is 6.53. The van der Waals surface area contributed by atoms with E-state index in [1.165, 1.54) is 11.0 Å². The molecular weight excluding hydrogens is 477 g/mol. The Morgan fingerprint density at radius 3 is 2.67 bits per heavy atom. The Labute approximate surface area is 204 Å². The number of aromatic nitrogens is 4. The fourth-order valence-electron chi connectivity index (χ4n) is 4.71. The second-order valence-corrected chi connectivity index (χ2v) is 9.03. The van der Waals surface area contributed by atoms with Crippen LogP contribution in [-0.2, 0) is 19.9 Å². The number of hydrogen-bond donors (Lipinski definition) is 3. The average molecular weight is 504 g/mol. The summed E-state index contributed by atoms with van der Waals surface area (Å²) in [5.41, 5.74) is 9.26. The Morgan fingerprint density at radius 1 is 1.22 bits per heavy atom. The zero-order chi connectivity index (χ0) is 25.6. The molecular formula is C23H26F3N8O2+. The number of hydrogen-bond acceptors (Lipinski definition) is 7. The van der Waals surface area contributed by atoms with E-state index in [0.29, 0.717) is 29.8 Å². The minimum Gasteiger partial charge on any atom is -0.404 e. The molecule has 3 heterocycles. The predicted octanol–water partition coefficient (Wildman–Crippen LogP) is 1.05. The number of benzene rings is 1. The van der Waals surface area contributed by atoms with Crippen molar-refractivity contribution in [2.75, 3.05) is 43.4 Å². The lowest BCUT2D eigenvalue weighted by atomic mass is 9.93. The van der Waals surface area contributed by atoms with E-state index in [0.717, 1.165) is 37.4 Å². The van der Waals surface area contributed by atoms with Crippen LogP contribution >= 0.6 is 0 Å². The third-order valence-electron chi connectivity index (χ3n) is 6.53. The van der Waals surface area contributed by atoms with Crippen molar-refractivity contribution in [1.82, 2.24) is 19.7 Å². The number of primary amides is 1. The topological polar surface area (TPSA) is 116 Å². The summed E-state index contributed by atoms with van der Waals surface area (Å²) in [6.45, 7) is 3.42. The number of alkyl halides is 3. The van der Waals surface area contributed by atoms with Crippen molar-refractivity contribution >= 4 is 23.2 Å². The van der Waals surface area contributed by atoms with E-state index in [-0.39, 0.29) is 23.1 Å². The lowest BCUT2D eigenvalue weighted by Crippen LogP contribution is -3.12. The Bertz CT molecular complexity index is 1320. The number of nitrogens with one attached hydrogen (secondary N) is 2. The molecule has 0 atom stereocenters. The molecule has 4 N–H and O–H groups in total. The number of anilines is 3. The second-order valence-electron chi connectivity index (χ2n) is 9.03. The molecule has 10 nitrogen and oxygen atoms in total. The van der Waals surface area contributed by atoms with Crippen molar-refractivity contribution in [3.8, 4) is 17.1 Å². The number of halogens is 3. The summed E-state index contributed by atoms with van der Waals surface area (Å²) in [6.07, 6.45) is -2.09. The maximum atomic E-state index is 13.1. The Balaban J connectivity index is 1.51. The number of rotatable bonds is 5. The number of carbonyl (C=O) groups excluding carboxylic acids is 1. The Morgan fingerprint density at radius 2 is 1.97 bits per heavy atom. The largest absolute Gasteiger partial charge is 0.573 e. The van der Waals surface area contributed by atoms with E-state index < -0.39 is 12.3 Å². The minimum absolute atomic E-state index is 0.0925. The summed E-state index contributed by atoms with van der Waals surface area (Å²) < 4.78 is 45.2. The molecule has 0 radical (unpaired) electrons. The zero-order valence-corrected chi connectivity index (χ0v) is 19.8. The van der Waals surface area contributed by atoms with Gasteiger partial charge in [0, 0.05) is 24.5 Å². The first-order valence-electron chi connectivity index (χ1n) is 11.5. The van der Waals surface area contributed by atoms with Crippen LogP contribution in [0.2, 0.25) is 0 Å². The van der Waals surface area contributed by atoms with Gasteiger partial charge in [-0.2, -0.15) is 5.10 Å². The number of nitrogens with two attached hydrogens (primary N) is 1. The second kappa shape index (κ2) is 8.97. The van der Waals surface area contributed by atoms with Gasteiger partial charge in [0.25, 0.3) is 5.91 Å². The van der Waals surface area contributed by atoms with Gasteiger partial charge < -0.3 is 25.6 Å². The van der Waals surface area contributed by atoms with Crippen LogP contribution in [0.5, 0.6) is 5.75 Å². The highest BCUT2D eigenvalue weighted by Gasteiger charge is 2.33. The maximum absolute atomic E-state index is 13.1. The maximum Gasteiger partial charge on any atom is 0.573 e. The molecule has 0 spiro atoms. The molecule has 1 aliphatic heterocycles. The number of aryl methyl sites for hydroxylation is 2. The quantitative estimate of drug-likeness (QED) is 0.477. The van der Waals surface area contributed by atoms with E-state index in [1.807, 2.05) is 0 Å². The molecule has 13 heteroatoms. The van der Waals surface area contributed by atoms with E-state index in [9.17, 15) is 18.0 Å². The van der Waals surface area contributed by atoms with E-state index in [1.54, 1.807) is 30.1 Å². The van der Waals surface area contributed by atoms with Gasteiger partial charge in [-0.25, -0.2) is 9.97 Å². The summed E-state index contributed by atoms with van der Waals surface area (Å²) in [5, 5.41) is 7.15. The SMILES string of the molecule is Cn1nc(C(N)=O)c2c1-c1nc(Nc3cc(N4CC[NH+](C)CC4)ccc3OC(F)(F)F)ncc1CC2. The van der Waals surface area contributed by atoms with Crippen LogP contribution in [-0.4, -0.2) is 65.2 Å². The van der Waals surface area contributed by atoms with Gasteiger partial charge in [0.15, 0.2) is 11.4 Å². The summed E-state index contributed by atoms with van der Waals surface area (Å²) >= 11 is 0. The smallest absolute Gasteiger partial charge is 0.404 e. The standard InChI is InChI=1S/C23H25F3N8O2/c1-32-7-9-34(10-8-32)14-4-6-17(36-23(24,25)26)16(11-14)29-22-28-12-13-3-5-15-19(21(27)35)31-33(2)20(15)18(13)30-22/h4,6,11-12H,3,5,7-10H2,1-2H3,(H2,27,35)(H,28,29,30)/p+1. The number of ether oxygens (including phenoxy) is 1. The van der Waals surface area contributed by atoms with Crippen molar-refractivity contribution in [3.05, 3.63) is 41.2 Å². The Kier molecular flexibility index (Phi) is 5.94. The number of quaternary nitrogens is 1. The number of likely N-dealkylation sites (N-methyl/N-ethyl adjacent to an activating group) is 1. The molecule has 36 heavy (non-hydrogen) atoms. The lowest BCUT2D eigenvalue weighted by molar-refractivity contribution is -0.880. The molecule has 2 aliphatic rings. The fraction of sp³-hybridized carbons (Fsp3) is 0.391. The molecule has 0 bridgehead atoms. The van der Waals surface area contributed by atoms with Crippen LogP contribution < -0.4 is 25.6 Å². The van der Waals surface area contributed by atoms with Crippen LogP contribution in [0.25, 0.3) is 11.4 Å². The van der Waals surface area contributed by atoms with Crippen LogP contribution in [0.15, 0.2) is 24.4 Å². The third kappa shape index (κ3) is 4.65. The molecule has 2 aromatic heterocycles. The van der Waals surface area contributed by atoms with E-state index in [4.69, 9.17) is 5.73 Å². The lowest BCUT2D eigenvalue weighted by Gasteiger charge is -2.32. The highest BCUT2D eigenvalue weighted by atomic mass is 19.4. The summed E-state index contributed by atoms with van der Waals surface area (Å²) in [4.78, 5) is 24.3. The summed E-state index contributed by atoms with van der Waals surface area (Å²) in [7, 11) is 3.80. The molecule has 190 valence electrons. The van der Waals surface area contributed by atoms with Gasteiger partial charge in [-0.1, -0.05) is 0 Å². The molecule has 1 aliphatic carbocycles. The number of fused-ring (bicyclic) bond motifs is 3. The summed E-state index contributed by atoms with van der Waals surface area (Å²) in [5.74, 6) is -0.918. The van der Waals surface area contributed by atoms with Gasteiger partial charge in [0.1, 0.15) is 0 Å². The highest BCUT2D eigenvalue weighted by Crippen LogP contribution is 2.37. The molecule has 0 saturated carbocycles. The van der Waals surface area contributed by atoms with Crippen molar-refractivity contribution in [3.63, 3.8) is 0 Å². The molecule has 1 saturated heterocycles. The predicted molar refractivity (Wildman–Crippen MR) is 125 cm³/mol. The number of nitrogens with zero attached hydrogens (tertiary/aromatic N) is 5. The Hall–Kier alpha value is -3.87. The highest BCUT2D eigenvalue weighted by molar-refractivity contribution is 5.94. The van der Waals surface area contributed by atoms with Gasteiger partial charge in [0.05, 0.1) is 50.3 Å². The van der Waals surface area contributed by atoms with Crippen LogP contribution in [0, 0.1) is 0 Å². The number of piperazine rings is 1. The van der Waals surface area contributed by atoms with Crippen molar-refractivity contribution in [1.29, 1.82) is 0 Å². The van der Waals surface area contributed by atoms with E-state index >= 15 is 0 Å². The first-order chi connectivity index (χ1) is 17.1. The van der Waals surface area contributed by atoms with Crippen LogP contribution in [0.1, 0.15) is 21.6 Å². The first-order valence-corrected chi connectivity index (χ1v) is 11.5. The first kappa shape index (κ1) is 23.9. The molecule has 5 rings (SSSR count). The molecule has 1 fully saturated rings.